The van der Waals surface area contributed by atoms with E-state index < -0.39 is 6.10 Å². The van der Waals surface area contributed by atoms with Crippen molar-refractivity contribution in [2.24, 2.45) is 4.99 Å². The van der Waals surface area contributed by atoms with Crippen molar-refractivity contribution in [3.8, 4) is 0 Å². The minimum Gasteiger partial charge on any atom is -0.386 e. The van der Waals surface area contributed by atoms with Crippen LogP contribution < -0.4 is 10.6 Å². The van der Waals surface area contributed by atoms with Gasteiger partial charge in [0, 0.05) is 24.0 Å². The average Bonchev–Trinajstić information content (AvgIpc) is 3.04. The Morgan fingerprint density at radius 2 is 2.25 bits per heavy atom. The molecule has 2 unspecified atom stereocenters. The molecule has 0 aliphatic carbocycles. The van der Waals surface area contributed by atoms with Gasteiger partial charge in [0.2, 0.25) is 0 Å². The fraction of sp³-hybridized carbons (Fsp3) is 0.706. The van der Waals surface area contributed by atoms with Crippen molar-refractivity contribution in [1.82, 2.24) is 15.5 Å². The quantitative estimate of drug-likeness (QED) is 0.508. The van der Waals surface area contributed by atoms with Crippen molar-refractivity contribution < 1.29 is 5.11 Å². The molecule has 0 saturated carbocycles. The third kappa shape index (κ3) is 5.92. The van der Waals surface area contributed by atoms with Crippen LogP contribution in [0.3, 0.4) is 0 Å². The number of aliphatic imine (C=N–C) groups is 1. The Labute approximate surface area is 154 Å². The minimum absolute atomic E-state index is 0.328. The SMILES string of the molecule is CCNC(=NCC(O)c1ccc(Cl)s1)NCC1CCCCN1CC. The summed E-state index contributed by atoms with van der Waals surface area (Å²) in [6, 6.07) is 4.23. The van der Waals surface area contributed by atoms with Gasteiger partial charge in [0.1, 0.15) is 6.10 Å². The number of guanidine groups is 1. The van der Waals surface area contributed by atoms with E-state index in [9.17, 15) is 5.11 Å². The van der Waals surface area contributed by atoms with Crippen LogP contribution in [0.15, 0.2) is 17.1 Å². The molecule has 0 amide bonds. The number of nitrogens with zero attached hydrogens (tertiary/aromatic N) is 2. The second-order valence-corrected chi connectivity index (χ2v) is 7.78. The van der Waals surface area contributed by atoms with Crippen molar-refractivity contribution in [3.63, 3.8) is 0 Å². The van der Waals surface area contributed by atoms with Crippen LogP contribution in [0, 0.1) is 0 Å². The maximum Gasteiger partial charge on any atom is 0.191 e. The van der Waals surface area contributed by atoms with Gasteiger partial charge in [-0.3, -0.25) is 9.89 Å². The highest BCUT2D eigenvalue weighted by atomic mass is 35.5. The Bertz CT molecular complexity index is 522. The number of aliphatic hydroxyl groups is 1. The fourth-order valence-corrected chi connectivity index (χ4v) is 4.08. The van der Waals surface area contributed by atoms with Gasteiger partial charge in [0.15, 0.2) is 5.96 Å². The van der Waals surface area contributed by atoms with E-state index >= 15 is 0 Å². The Morgan fingerprint density at radius 1 is 1.42 bits per heavy atom. The highest BCUT2D eigenvalue weighted by molar-refractivity contribution is 7.16. The molecule has 136 valence electrons. The predicted octanol–water partition coefficient (Wildman–Crippen LogP) is 2.86. The van der Waals surface area contributed by atoms with E-state index in [4.69, 9.17) is 11.6 Å². The number of likely N-dealkylation sites (tertiary alicyclic amines) is 1. The van der Waals surface area contributed by atoms with Crippen molar-refractivity contribution in [1.29, 1.82) is 0 Å². The lowest BCUT2D eigenvalue weighted by Gasteiger charge is -2.35. The number of thiophene rings is 1. The molecular weight excluding hydrogens is 344 g/mol. The second kappa shape index (κ2) is 10.2. The van der Waals surface area contributed by atoms with Crippen LogP contribution in [-0.4, -0.2) is 54.7 Å². The third-order valence-electron chi connectivity index (χ3n) is 4.35. The average molecular weight is 373 g/mol. The normalized spacial score (nSPS) is 20.8. The Morgan fingerprint density at radius 3 is 2.92 bits per heavy atom. The topological polar surface area (TPSA) is 59.9 Å². The van der Waals surface area contributed by atoms with Gasteiger partial charge in [0.05, 0.1) is 10.9 Å². The minimum atomic E-state index is -0.611. The molecule has 2 atom stereocenters. The van der Waals surface area contributed by atoms with Crippen molar-refractivity contribution in [2.75, 3.05) is 32.7 Å². The molecule has 2 rings (SSSR count). The van der Waals surface area contributed by atoms with Gasteiger partial charge in [-0.25, -0.2) is 0 Å². The lowest BCUT2D eigenvalue weighted by Crippen LogP contribution is -2.49. The van der Waals surface area contributed by atoms with E-state index in [1.807, 2.05) is 13.0 Å². The molecular formula is C17H29ClN4OS. The molecule has 1 aromatic heterocycles. The summed E-state index contributed by atoms with van der Waals surface area (Å²) < 4.78 is 0.690. The molecule has 5 nitrogen and oxygen atoms in total. The zero-order valence-electron chi connectivity index (χ0n) is 14.6. The van der Waals surface area contributed by atoms with Gasteiger partial charge in [-0.1, -0.05) is 24.9 Å². The first-order valence-corrected chi connectivity index (χ1v) is 10.0. The van der Waals surface area contributed by atoms with Crippen LogP contribution in [0.25, 0.3) is 0 Å². The smallest absolute Gasteiger partial charge is 0.191 e. The van der Waals surface area contributed by atoms with Gasteiger partial charge in [-0.2, -0.15) is 0 Å². The number of halogens is 1. The fourth-order valence-electron chi connectivity index (χ4n) is 3.04. The van der Waals surface area contributed by atoms with Gasteiger partial charge < -0.3 is 15.7 Å². The summed E-state index contributed by atoms with van der Waals surface area (Å²) >= 11 is 7.32. The van der Waals surface area contributed by atoms with Crippen LogP contribution in [0.1, 0.15) is 44.1 Å². The lowest BCUT2D eigenvalue weighted by molar-refractivity contribution is 0.157. The first-order chi connectivity index (χ1) is 11.6. The van der Waals surface area contributed by atoms with Gasteiger partial charge in [0.25, 0.3) is 0 Å². The number of rotatable bonds is 7. The van der Waals surface area contributed by atoms with Gasteiger partial charge in [-0.15, -0.1) is 11.3 Å². The summed E-state index contributed by atoms with van der Waals surface area (Å²) in [5.74, 6) is 0.765. The predicted molar refractivity (Wildman–Crippen MR) is 103 cm³/mol. The Hall–Kier alpha value is -0.820. The largest absolute Gasteiger partial charge is 0.386 e. The first-order valence-electron chi connectivity index (χ1n) is 8.83. The standard InChI is InChI=1S/C17H29ClN4OS/c1-3-19-17(20-11-13-7-5-6-10-22(13)4-2)21-12-14(23)15-8-9-16(18)24-15/h8-9,13-14,23H,3-7,10-12H2,1-2H3,(H2,19,20,21). The number of hydrogen-bond acceptors (Lipinski definition) is 4. The highest BCUT2D eigenvalue weighted by Gasteiger charge is 2.20. The number of likely N-dealkylation sites (N-methyl/N-ethyl adjacent to an activating group) is 1. The maximum atomic E-state index is 10.2. The molecule has 1 aliphatic rings. The zero-order valence-corrected chi connectivity index (χ0v) is 16.2. The van der Waals surface area contributed by atoms with Crippen LogP contribution in [0.2, 0.25) is 4.34 Å². The van der Waals surface area contributed by atoms with Gasteiger partial charge in [-0.05, 0) is 45.0 Å². The number of piperidine rings is 1. The molecule has 24 heavy (non-hydrogen) atoms. The van der Waals surface area contributed by atoms with Crippen molar-refractivity contribution in [2.45, 2.75) is 45.3 Å². The summed E-state index contributed by atoms with van der Waals surface area (Å²) in [6.07, 6.45) is 3.22. The molecule has 0 aromatic carbocycles. The Balaban J connectivity index is 1.88. The molecule has 3 N–H and O–H groups in total. The number of aliphatic hydroxyl groups excluding tert-OH is 1. The van der Waals surface area contributed by atoms with E-state index in [2.05, 4.69) is 27.4 Å². The van der Waals surface area contributed by atoms with E-state index in [1.54, 1.807) is 6.07 Å². The molecule has 1 fully saturated rings. The van der Waals surface area contributed by atoms with Crippen molar-refractivity contribution in [3.05, 3.63) is 21.3 Å². The summed E-state index contributed by atoms with van der Waals surface area (Å²) in [7, 11) is 0. The van der Waals surface area contributed by atoms with E-state index in [0.717, 1.165) is 30.5 Å². The van der Waals surface area contributed by atoms with Crippen LogP contribution in [0.4, 0.5) is 0 Å². The number of nitrogens with one attached hydrogen (secondary N) is 2. The van der Waals surface area contributed by atoms with Crippen molar-refractivity contribution >= 4 is 28.9 Å². The highest BCUT2D eigenvalue weighted by Crippen LogP contribution is 2.26. The third-order valence-corrected chi connectivity index (χ3v) is 5.68. The number of hydrogen-bond donors (Lipinski definition) is 3. The molecule has 0 bridgehead atoms. The molecule has 0 radical (unpaired) electrons. The summed E-state index contributed by atoms with van der Waals surface area (Å²) in [4.78, 5) is 7.91. The van der Waals surface area contributed by atoms with E-state index in [0.29, 0.717) is 16.9 Å². The van der Waals surface area contributed by atoms with Crippen LogP contribution in [-0.2, 0) is 0 Å². The van der Waals surface area contributed by atoms with Crippen LogP contribution in [0.5, 0.6) is 0 Å². The van der Waals surface area contributed by atoms with Gasteiger partial charge >= 0.3 is 0 Å². The van der Waals surface area contributed by atoms with E-state index in [-0.39, 0.29) is 0 Å². The monoisotopic (exact) mass is 372 g/mol. The lowest BCUT2D eigenvalue weighted by atomic mass is 10.0. The zero-order chi connectivity index (χ0) is 17.4. The van der Waals surface area contributed by atoms with E-state index in [1.165, 1.54) is 37.1 Å². The molecule has 1 saturated heterocycles. The Kier molecular flexibility index (Phi) is 8.32. The summed E-state index contributed by atoms with van der Waals surface area (Å²) in [5, 5.41) is 16.9. The molecule has 1 aliphatic heterocycles. The molecule has 2 heterocycles. The van der Waals surface area contributed by atoms with Crippen LogP contribution >= 0.6 is 22.9 Å². The molecule has 7 heteroatoms. The second-order valence-electron chi connectivity index (χ2n) is 6.04. The summed E-state index contributed by atoms with van der Waals surface area (Å²) in [5.41, 5.74) is 0. The summed E-state index contributed by atoms with van der Waals surface area (Å²) in [6.45, 7) is 8.57. The maximum absolute atomic E-state index is 10.2. The molecule has 1 aromatic rings. The first kappa shape index (κ1) is 19.5. The molecule has 0 spiro atoms.